The van der Waals surface area contributed by atoms with Crippen molar-refractivity contribution < 1.29 is 59.0 Å². The number of thiophene rings is 6. The summed E-state index contributed by atoms with van der Waals surface area (Å²) in [5.41, 5.74) is -0.629. The van der Waals surface area contributed by atoms with Gasteiger partial charge in [-0.1, -0.05) is 13.8 Å². The van der Waals surface area contributed by atoms with E-state index in [0.29, 0.717) is 6.54 Å². The molecule has 0 fully saturated rings. The van der Waals surface area contributed by atoms with Crippen LogP contribution in [0.5, 0.6) is 0 Å². The third kappa shape index (κ3) is 19.6. The van der Waals surface area contributed by atoms with Crippen molar-refractivity contribution >= 4 is 189 Å². The Hall–Kier alpha value is -6.02. The number of ether oxygens (including phenoxy) is 3. The number of carbonyl (C=O) groups is 3. The number of aldehydes is 2. The van der Waals surface area contributed by atoms with E-state index in [0.717, 1.165) is 110 Å². The van der Waals surface area contributed by atoms with E-state index < -0.39 is 32.8 Å². The molecule has 0 atom stereocenters. The molecule has 3 aromatic carbocycles. The number of hydrogen-bond donors (Lipinski definition) is 1. The van der Waals surface area contributed by atoms with Crippen molar-refractivity contribution in [2.45, 2.75) is 53.1 Å². The maximum absolute atomic E-state index is 12.3. The normalized spacial score (nSPS) is 11.2. The molecule has 0 amide bonds. The van der Waals surface area contributed by atoms with Gasteiger partial charge in [-0.2, -0.15) is 0 Å². The fourth-order valence-corrected chi connectivity index (χ4v) is 13.7. The Morgan fingerprint density at radius 3 is 1.19 bits per heavy atom. The van der Waals surface area contributed by atoms with Gasteiger partial charge >= 0.3 is 27.2 Å². The smallest absolute Gasteiger partial charge is 0.425 e. The highest BCUT2D eigenvalue weighted by Crippen LogP contribution is 2.40. The third-order valence-electron chi connectivity index (χ3n) is 11.1. The standard InChI is InChI=1S/C24H28N2O3S2.C17H19NO2S2.C14H13NO2S2.2O3S/c1-7-9-28-10-8-26(6)22-13-17-11-16-12-18(30-20(16)15-21(17)31-22)14-19(25-5)23(27)29-24(2,3)4;1-3-5-20-6-4-18(2)17-9-13-7-12-8-14(11-19)21-15(12)10-16(13)22-17;1-15(2-3-16)14-6-10-4-9-5-11(8-17)18-12(9)7-13(10)19-14;2*1-4(2)3/h11-15H,7-10H2,1-4,6H3;7-11H,3-6H2,1-2H3;4-8,16H,2-3H2,1H3;;/b19-14-;;;;. The molecule has 0 unspecified atom stereocenters. The number of esters is 1. The van der Waals surface area contributed by atoms with Crippen LogP contribution in [0, 0.1) is 6.57 Å². The average Bonchev–Trinajstić information content (AvgIpc) is 4.29. The maximum Gasteiger partial charge on any atom is 0.425 e. The molecule has 0 aliphatic carbocycles. The van der Waals surface area contributed by atoms with E-state index in [4.69, 9.17) is 51.1 Å². The van der Waals surface area contributed by atoms with E-state index >= 15 is 0 Å². The minimum atomic E-state index is -3.11. The number of nitrogens with zero attached hydrogens (tertiary/aromatic N) is 4. The SMILES string of the molecule is CCCOCCN(C)c1cc2cc3cc(C=O)sc3cc2s1.CN(CCO)c1cc2cc3cc(C=O)sc3cc2s1.O=S(=O)=O.O=S(=O)=O.[C-]#[N+]/C(=C\c1cc2cc3cc(N(C)CCOCCC)sc3cc2s1)C(=O)OC(C)(C)C. The fraction of sp³-hybridized carbons (Fsp3) is 0.345. The van der Waals surface area contributed by atoms with Crippen molar-refractivity contribution in [3.63, 3.8) is 0 Å². The topological polar surface area (TPSA) is 216 Å². The number of aliphatic hydroxyl groups is 1. The number of likely N-dealkylation sites (N-methyl/N-ethyl adjacent to an activating group) is 3. The number of benzene rings is 3. The van der Waals surface area contributed by atoms with Gasteiger partial charge in [0.15, 0.2) is 12.6 Å². The van der Waals surface area contributed by atoms with E-state index in [9.17, 15) is 14.4 Å². The predicted octanol–water partition coefficient (Wildman–Crippen LogP) is 12.7. The molecule has 0 saturated carbocycles. The Labute approximate surface area is 490 Å². The molecule has 1 N–H and O–H groups in total. The average molecular weight is 1240 g/mol. The molecule has 0 saturated heterocycles. The van der Waals surface area contributed by atoms with E-state index in [1.54, 1.807) is 83.5 Å². The third-order valence-corrected chi connectivity index (χ3v) is 17.9. The summed E-state index contributed by atoms with van der Waals surface area (Å²) in [5, 5.41) is 19.6. The lowest BCUT2D eigenvalue weighted by Gasteiger charge is -2.19. The Morgan fingerprint density at radius 1 is 0.537 bits per heavy atom. The molecule has 6 heterocycles. The molecule has 0 bridgehead atoms. The van der Waals surface area contributed by atoms with Gasteiger partial charge < -0.3 is 34.0 Å². The van der Waals surface area contributed by atoms with Crippen LogP contribution in [0.25, 0.3) is 71.4 Å². The summed E-state index contributed by atoms with van der Waals surface area (Å²) in [4.78, 5) is 46.3. The van der Waals surface area contributed by atoms with Gasteiger partial charge in [0, 0.05) is 87.1 Å². The van der Waals surface area contributed by atoms with Crippen LogP contribution in [0.15, 0.2) is 78.5 Å². The minimum Gasteiger partial charge on any atom is -0.465 e. The Bertz CT molecular complexity index is 3680. The van der Waals surface area contributed by atoms with E-state index in [-0.39, 0.29) is 12.3 Å². The van der Waals surface area contributed by atoms with Gasteiger partial charge in [0.1, 0.15) is 5.60 Å². The van der Waals surface area contributed by atoms with Crippen LogP contribution in [0.1, 0.15) is 71.7 Å². The molecular formula is C55H60N4O13S8. The summed E-state index contributed by atoms with van der Waals surface area (Å²) in [6.45, 7) is 22.6. The van der Waals surface area contributed by atoms with Crippen molar-refractivity contribution in [2.75, 3.05) is 88.5 Å². The van der Waals surface area contributed by atoms with Crippen molar-refractivity contribution in [2.24, 2.45) is 0 Å². The number of anilines is 3. The van der Waals surface area contributed by atoms with Crippen molar-refractivity contribution in [1.82, 2.24) is 0 Å². The molecule has 426 valence electrons. The fourth-order valence-electron chi connectivity index (χ4n) is 7.48. The van der Waals surface area contributed by atoms with Crippen LogP contribution in [0.2, 0.25) is 0 Å². The Morgan fingerprint density at radius 2 is 0.863 bits per heavy atom. The number of hydrogen-bond acceptors (Lipinski definition) is 22. The summed E-state index contributed by atoms with van der Waals surface area (Å²) in [6.07, 6.45) is 5.55. The van der Waals surface area contributed by atoms with Crippen LogP contribution in [0.3, 0.4) is 0 Å². The van der Waals surface area contributed by atoms with Crippen LogP contribution in [-0.4, -0.2) is 128 Å². The first-order valence-electron chi connectivity index (χ1n) is 24.7. The summed E-state index contributed by atoms with van der Waals surface area (Å²) >= 11 is 9.91. The van der Waals surface area contributed by atoms with E-state index in [1.807, 2.05) is 25.2 Å². The first-order chi connectivity index (χ1) is 38.1. The second-order valence-electron chi connectivity index (χ2n) is 18.5. The molecule has 0 aliphatic rings. The minimum absolute atomic E-state index is 0.00232. The van der Waals surface area contributed by atoms with Crippen molar-refractivity contribution in [1.29, 1.82) is 0 Å². The van der Waals surface area contributed by atoms with Gasteiger partial charge in [-0.25, -0.2) is 4.85 Å². The molecule has 17 nitrogen and oxygen atoms in total. The second kappa shape index (κ2) is 31.3. The van der Waals surface area contributed by atoms with Gasteiger partial charge in [0.05, 0.1) is 51.2 Å². The molecule has 0 spiro atoms. The lowest BCUT2D eigenvalue weighted by atomic mass is 10.2. The zero-order valence-electron chi connectivity index (χ0n) is 45.1. The summed E-state index contributed by atoms with van der Waals surface area (Å²) in [5.74, 6) is -0.587. The van der Waals surface area contributed by atoms with Crippen molar-refractivity contribution in [3.05, 3.63) is 105 Å². The molecular weight excluding hydrogens is 1180 g/mol. The molecule has 9 aromatic rings. The summed E-state index contributed by atoms with van der Waals surface area (Å²) in [7, 11) is -0.0472. The number of aliphatic hydroxyl groups excluding tert-OH is 1. The van der Waals surface area contributed by atoms with Gasteiger partial charge in [0.2, 0.25) is 0 Å². The predicted molar refractivity (Wildman–Crippen MR) is 331 cm³/mol. The monoisotopic (exact) mass is 1240 g/mol. The molecule has 80 heavy (non-hydrogen) atoms. The highest BCUT2D eigenvalue weighted by atomic mass is 32.2. The molecule has 0 radical (unpaired) electrons. The van der Waals surface area contributed by atoms with E-state index in [2.05, 4.69) is 102 Å². The number of fused-ring (bicyclic) bond motifs is 6. The van der Waals surface area contributed by atoms with Crippen LogP contribution >= 0.6 is 68.0 Å². The largest absolute Gasteiger partial charge is 0.465 e. The van der Waals surface area contributed by atoms with Crippen LogP contribution in [0.4, 0.5) is 15.0 Å². The maximum atomic E-state index is 12.3. The van der Waals surface area contributed by atoms with Gasteiger partial charge in [0.25, 0.3) is 5.70 Å². The lowest BCUT2D eigenvalue weighted by molar-refractivity contribution is -0.149. The molecule has 9 rings (SSSR count). The summed E-state index contributed by atoms with van der Waals surface area (Å²) < 4.78 is 74.3. The Balaban J connectivity index is 0.000000211. The van der Waals surface area contributed by atoms with Gasteiger partial charge in [-0.15, -0.1) is 93.3 Å². The number of carbonyl (C=O) groups excluding carboxylic acids is 3. The van der Waals surface area contributed by atoms with Crippen LogP contribution < -0.4 is 14.7 Å². The second-order valence-corrected chi connectivity index (χ2v) is 25.8. The highest BCUT2D eigenvalue weighted by molar-refractivity contribution is 7.59. The molecule has 0 aliphatic heterocycles. The quantitative estimate of drug-likeness (QED) is 0.0262. The first-order valence-corrected chi connectivity index (χ1v) is 31.6. The van der Waals surface area contributed by atoms with E-state index in [1.165, 1.54) is 56.3 Å². The van der Waals surface area contributed by atoms with Gasteiger partial charge in [-0.3, -0.25) is 14.4 Å². The lowest BCUT2D eigenvalue weighted by Crippen LogP contribution is -2.24. The van der Waals surface area contributed by atoms with Crippen molar-refractivity contribution in [3.8, 4) is 0 Å². The highest BCUT2D eigenvalue weighted by Gasteiger charge is 2.21. The number of rotatable bonds is 19. The molecule has 6 aromatic heterocycles. The Kier molecular flexibility index (Phi) is 25.3. The zero-order chi connectivity index (χ0) is 58.7. The van der Waals surface area contributed by atoms with Crippen LogP contribution in [-0.2, 0) is 40.2 Å². The molecule has 25 heteroatoms. The zero-order valence-corrected chi connectivity index (χ0v) is 51.7. The first kappa shape index (κ1) is 64.8. The summed E-state index contributed by atoms with van der Waals surface area (Å²) in [6, 6.07) is 25.5. The van der Waals surface area contributed by atoms with Gasteiger partial charge in [-0.05, 0) is 145 Å².